The largest absolute Gasteiger partial charge is 0.382 e. The third kappa shape index (κ3) is 1.44. The summed E-state index contributed by atoms with van der Waals surface area (Å²) < 4.78 is 1.82. The van der Waals surface area contributed by atoms with Crippen LogP contribution in [0.5, 0.6) is 0 Å². The molecule has 0 aliphatic heterocycles. The van der Waals surface area contributed by atoms with Gasteiger partial charge >= 0.3 is 0 Å². The Kier molecular flexibility index (Phi) is 2.24. The van der Waals surface area contributed by atoms with Crippen molar-refractivity contribution in [3.8, 4) is 0 Å². The molecule has 0 aliphatic carbocycles. The molecular weight excluding hydrogens is 252 g/mol. The van der Waals surface area contributed by atoms with Crippen LogP contribution in [0.3, 0.4) is 0 Å². The van der Waals surface area contributed by atoms with Crippen molar-refractivity contribution >= 4 is 39.2 Å². The van der Waals surface area contributed by atoms with Crippen molar-refractivity contribution in [2.75, 3.05) is 5.73 Å². The number of benzene rings is 1. The van der Waals surface area contributed by atoms with Gasteiger partial charge in [-0.2, -0.15) is 0 Å². The lowest BCUT2D eigenvalue weighted by Gasteiger charge is -2.05. The third-order valence-electron chi connectivity index (χ3n) is 2.90. The molecule has 3 rings (SSSR count). The number of carbonyl (C=O) groups excluding carboxylic acids is 1. The highest BCUT2D eigenvalue weighted by Gasteiger charge is 2.11. The normalized spacial score (nSPS) is 11.2. The summed E-state index contributed by atoms with van der Waals surface area (Å²) in [6.45, 7) is 1.86. The number of imidazole rings is 1. The molecule has 0 unspecified atom stereocenters. The Labute approximate surface area is 107 Å². The molecule has 0 aliphatic rings. The first-order valence-electron chi connectivity index (χ1n) is 5.30. The molecular formula is C12H9ClN4O. The van der Waals surface area contributed by atoms with Gasteiger partial charge in [0.2, 0.25) is 0 Å². The van der Waals surface area contributed by atoms with Crippen LogP contribution >= 0.6 is 11.6 Å². The number of rotatable bonds is 1. The number of aryl methyl sites for hydroxylation is 1. The number of hydrogen-bond acceptors (Lipinski definition) is 4. The van der Waals surface area contributed by atoms with E-state index in [9.17, 15) is 4.79 Å². The van der Waals surface area contributed by atoms with E-state index in [0.717, 1.165) is 16.7 Å². The fourth-order valence-electron chi connectivity index (χ4n) is 2.04. The van der Waals surface area contributed by atoms with Crippen LogP contribution in [-0.4, -0.2) is 19.6 Å². The molecule has 0 saturated carbocycles. The topological polar surface area (TPSA) is 73.3 Å². The summed E-state index contributed by atoms with van der Waals surface area (Å²) >= 11 is 5.48. The molecule has 5 nitrogen and oxygen atoms in total. The van der Waals surface area contributed by atoms with E-state index >= 15 is 0 Å². The number of nitrogens with zero attached hydrogens (tertiary/aromatic N) is 3. The Hall–Kier alpha value is -2.14. The van der Waals surface area contributed by atoms with Crippen LogP contribution in [-0.2, 0) is 0 Å². The van der Waals surface area contributed by atoms with Crippen molar-refractivity contribution in [2.24, 2.45) is 0 Å². The van der Waals surface area contributed by atoms with Gasteiger partial charge in [-0.25, -0.2) is 9.97 Å². The van der Waals surface area contributed by atoms with Gasteiger partial charge in [0.15, 0.2) is 0 Å². The van der Waals surface area contributed by atoms with Gasteiger partial charge in [-0.05, 0) is 36.7 Å². The van der Waals surface area contributed by atoms with E-state index in [2.05, 4.69) is 9.97 Å². The molecule has 0 fully saturated rings. The van der Waals surface area contributed by atoms with Crippen molar-refractivity contribution < 1.29 is 4.79 Å². The first-order chi connectivity index (χ1) is 8.58. The molecule has 3 aromatic rings. The highest BCUT2D eigenvalue weighted by Crippen LogP contribution is 2.23. The zero-order chi connectivity index (χ0) is 12.9. The second-order valence-electron chi connectivity index (χ2n) is 4.02. The summed E-state index contributed by atoms with van der Waals surface area (Å²) in [6, 6.07) is 5.03. The summed E-state index contributed by atoms with van der Waals surface area (Å²) in [5.41, 5.74) is 9.32. The highest BCUT2D eigenvalue weighted by atomic mass is 35.5. The zero-order valence-electron chi connectivity index (χ0n) is 9.51. The van der Waals surface area contributed by atoms with Gasteiger partial charge in [0, 0.05) is 5.56 Å². The van der Waals surface area contributed by atoms with Crippen LogP contribution in [0.2, 0.25) is 0 Å². The Bertz CT molecular complexity index is 793. The summed E-state index contributed by atoms with van der Waals surface area (Å²) in [6.07, 6.45) is 1.66. The van der Waals surface area contributed by atoms with Crippen LogP contribution in [0.4, 0.5) is 5.82 Å². The molecule has 0 atom stereocenters. The summed E-state index contributed by atoms with van der Waals surface area (Å²) in [7, 11) is 0. The van der Waals surface area contributed by atoms with Crippen LogP contribution in [0.25, 0.3) is 16.6 Å². The van der Waals surface area contributed by atoms with Crippen molar-refractivity contribution in [1.29, 1.82) is 0 Å². The first-order valence-corrected chi connectivity index (χ1v) is 5.68. The van der Waals surface area contributed by atoms with Crippen LogP contribution in [0.1, 0.15) is 16.1 Å². The molecule has 2 aromatic heterocycles. The fourth-order valence-corrected chi connectivity index (χ4v) is 2.16. The van der Waals surface area contributed by atoms with Gasteiger partial charge in [-0.1, -0.05) is 0 Å². The molecule has 0 amide bonds. The van der Waals surface area contributed by atoms with Crippen LogP contribution in [0, 0.1) is 6.92 Å². The van der Waals surface area contributed by atoms with Gasteiger partial charge in [0.05, 0.1) is 16.7 Å². The number of nitrogens with two attached hydrogens (primary N) is 1. The maximum atomic E-state index is 11.2. The van der Waals surface area contributed by atoms with Gasteiger partial charge in [-0.3, -0.25) is 9.20 Å². The van der Waals surface area contributed by atoms with Crippen molar-refractivity contribution in [3.05, 3.63) is 35.8 Å². The van der Waals surface area contributed by atoms with Crippen molar-refractivity contribution in [1.82, 2.24) is 14.4 Å². The number of hydrogen-bond donors (Lipinski definition) is 1. The minimum atomic E-state index is -0.501. The quantitative estimate of drug-likeness (QED) is 0.681. The average molecular weight is 261 g/mol. The first kappa shape index (κ1) is 11.0. The molecule has 0 saturated heterocycles. The van der Waals surface area contributed by atoms with E-state index < -0.39 is 5.24 Å². The monoisotopic (exact) mass is 260 g/mol. The Morgan fingerprint density at radius 2 is 2.22 bits per heavy atom. The van der Waals surface area contributed by atoms with Crippen LogP contribution < -0.4 is 5.73 Å². The number of anilines is 1. The second kappa shape index (κ2) is 3.68. The minimum Gasteiger partial charge on any atom is -0.382 e. The lowest BCUT2D eigenvalue weighted by Crippen LogP contribution is -1.99. The van der Waals surface area contributed by atoms with E-state index in [4.69, 9.17) is 17.3 Å². The number of nitrogen functional groups attached to an aromatic ring is 1. The summed E-state index contributed by atoms with van der Waals surface area (Å²) in [4.78, 5) is 19.7. The SMILES string of the molecule is Cc1ncn2c1c(N)nc1ccc(C(=O)Cl)cc12. The average Bonchev–Trinajstić information content (AvgIpc) is 2.72. The Morgan fingerprint density at radius 3 is 2.94 bits per heavy atom. The number of halogens is 1. The molecule has 90 valence electrons. The van der Waals surface area contributed by atoms with Gasteiger partial charge in [-0.15, -0.1) is 0 Å². The standard InChI is InChI=1S/C12H9ClN4O/c1-6-10-12(14)16-8-3-2-7(11(13)18)4-9(8)17(10)5-15-6/h2-5H,1H3,(H2,14,16). The van der Waals surface area contributed by atoms with E-state index in [1.807, 2.05) is 11.3 Å². The Balaban J connectivity index is 2.50. The predicted molar refractivity (Wildman–Crippen MR) is 69.8 cm³/mol. The van der Waals surface area contributed by atoms with Crippen LogP contribution in [0.15, 0.2) is 24.5 Å². The Morgan fingerprint density at radius 1 is 1.44 bits per heavy atom. The lowest BCUT2D eigenvalue weighted by molar-refractivity contribution is 0.108. The summed E-state index contributed by atoms with van der Waals surface area (Å²) in [5.74, 6) is 0.419. The number of fused-ring (bicyclic) bond motifs is 3. The molecule has 2 N–H and O–H groups in total. The van der Waals surface area contributed by atoms with Gasteiger partial charge in [0.25, 0.3) is 5.24 Å². The van der Waals surface area contributed by atoms with Crippen molar-refractivity contribution in [3.63, 3.8) is 0 Å². The number of carbonyl (C=O) groups is 1. The highest BCUT2D eigenvalue weighted by molar-refractivity contribution is 6.67. The predicted octanol–water partition coefficient (Wildman–Crippen LogP) is 2.15. The second-order valence-corrected chi connectivity index (χ2v) is 4.37. The minimum absolute atomic E-state index is 0.419. The van der Waals surface area contributed by atoms with Crippen molar-refractivity contribution in [2.45, 2.75) is 6.92 Å². The molecule has 6 heteroatoms. The molecule has 1 aromatic carbocycles. The van der Waals surface area contributed by atoms with E-state index in [1.165, 1.54) is 0 Å². The maximum absolute atomic E-state index is 11.2. The molecule has 2 heterocycles. The fraction of sp³-hybridized carbons (Fsp3) is 0.0833. The van der Waals surface area contributed by atoms with E-state index in [1.54, 1.807) is 24.5 Å². The number of aromatic nitrogens is 3. The third-order valence-corrected chi connectivity index (χ3v) is 3.11. The summed E-state index contributed by atoms with van der Waals surface area (Å²) in [5, 5.41) is -0.501. The van der Waals surface area contributed by atoms with Gasteiger partial charge in [0.1, 0.15) is 17.7 Å². The molecule has 0 bridgehead atoms. The molecule has 18 heavy (non-hydrogen) atoms. The molecule has 0 spiro atoms. The lowest BCUT2D eigenvalue weighted by atomic mass is 10.2. The van der Waals surface area contributed by atoms with E-state index in [0.29, 0.717) is 16.9 Å². The van der Waals surface area contributed by atoms with Gasteiger partial charge < -0.3 is 5.73 Å². The molecule has 0 radical (unpaired) electrons. The zero-order valence-corrected chi connectivity index (χ0v) is 10.3. The maximum Gasteiger partial charge on any atom is 0.252 e. The smallest absolute Gasteiger partial charge is 0.252 e. The van der Waals surface area contributed by atoms with E-state index in [-0.39, 0.29) is 0 Å².